The number of thioether (sulfide) groups is 1. The standard InChI is InChI=1S/C29H32ClFN4O5S/c1-4-39-25-10-9-21(40-29-32-11-6-12-33-29)13-19(25)14-26(37)35-27(18(2)3)28(38)34-15-20(36)16-41-17-22-23(30)7-5-8-24(22)31/h5-13,18,27H,4,14-17H2,1-3H3,(H,34,38)(H,35,37). The summed E-state index contributed by atoms with van der Waals surface area (Å²) in [5.74, 6) is -0.583. The summed E-state index contributed by atoms with van der Waals surface area (Å²) in [7, 11) is 0. The van der Waals surface area contributed by atoms with Gasteiger partial charge < -0.3 is 20.1 Å². The van der Waals surface area contributed by atoms with Gasteiger partial charge in [0, 0.05) is 34.3 Å². The topological polar surface area (TPSA) is 120 Å². The molecule has 0 bridgehead atoms. The number of carbonyl (C=O) groups is 3. The molecule has 2 N–H and O–H groups in total. The van der Waals surface area contributed by atoms with Crippen LogP contribution in [0, 0.1) is 11.7 Å². The zero-order valence-electron chi connectivity index (χ0n) is 23.0. The fourth-order valence-corrected chi connectivity index (χ4v) is 4.95. The van der Waals surface area contributed by atoms with Gasteiger partial charge >= 0.3 is 6.01 Å². The summed E-state index contributed by atoms with van der Waals surface area (Å²) >= 11 is 7.22. The second kappa shape index (κ2) is 15.9. The first-order valence-corrected chi connectivity index (χ1v) is 14.5. The van der Waals surface area contributed by atoms with Crippen molar-refractivity contribution in [3.8, 4) is 17.5 Å². The van der Waals surface area contributed by atoms with E-state index in [0.29, 0.717) is 34.3 Å². The molecule has 9 nitrogen and oxygen atoms in total. The van der Waals surface area contributed by atoms with Gasteiger partial charge in [-0.15, -0.1) is 11.8 Å². The van der Waals surface area contributed by atoms with Crippen LogP contribution in [-0.4, -0.2) is 52.5 Å². The molecule has 0 aliphatic heterocycles. The van der Waals surface area contributed by atoms with Crippen molar-refractivity contribution >= 4 is 41.0 Å². The summed E-state index contributed by atoms with van der Waals surface area (Å²) in [5, 5.41) is 5.65. The average molecular weight is 603 g/mol. The van der Waals surface area contributed by atoms with Gasteiger partial charge in [-0.1, -0.05) is 31.5 Å². The second-order valence-corrected chi connectivity index (χ2v) is 10.6. The molecular weight excluding hydrogens is 571 g/mol. The number of aromatic nitrogens is 2. The van der Waals surface area contributed by atoms with Crippen LogP contribution >= 0.6 is 23.4 Å². The molecule has 41 heavy (non-hydrogen) atoms. The normalized spacial score (nSPS) is 11.6. The lowest BCUT2D eigenvalue weighted by Crippen LogP contribution is -2.51. The highest BCUT2D eigenvalue weighted by Crippen LogP contribution is 2.27. The van der Waals surface area contributed by atoms with Gasteiger partial charge in [-0.25, -0.2) is 14.4 Å². The molecule has 2 amide bonds. The smallest absolute Gasteiger partial charge is 0.321 e. The molecule has 3 aromatic rings. The predicted molar refractivity (Wildman–Crippen MR) is 156 cm³/mol. The molecule has 1 heterocycles. The number of amides is 2. The highest BCUT2D eigenvalue weighted by molar-refractivity contribution is 7.99. The Labute approximate surface area is 247 Å². The van der Waals surface area contributed by atoms with Crippen molar-refractivity contribution in [2.75, 3.05) is 18.9 Å². The van der Waals surface area contributed by atoms with Gasteiger partial charge in [0.2, 0.25) is 11.8 Å². The van der Waals surface area contributed by atoms with Crippen molar-refractivity contribution in [2.45, 2.75) is 39.0 Å². The molecule has 3 rings (SSSR count). The first kappa shape index (κ1) is 31.8. The van der Waals surface area contributed by atoms with Crippen molar-refractivity contribution in [2.24, 2.45) is 5.92 Å². The van der Waals surface area contributed by atoms with E-state index >= 15 is 0 Å². The number of ketones is 1. The molecule has 1 atom stereocenters. The van der Waals surface area contributed by atoms with Gasteiger partial charge in [0.05, 0.1) is 25.3 Å². The molecule has 0 aliphatic carbocycles. The maximum absolute atomic E-state index is 13.9. The SMILES string of the molecule is CCOc1ccc(Oc2ncccn2)cc1CC(=O)NC(C(=O)NCC(=O)CSCc1c(F)cccc1Cl)C(C)C. The van der Waals surface area contributed by atoms with Crippen LogP contribution in [0.1, 0.15) is 31.9 Å². The van der Waals surface area contributed by atoms with Gasteiger partial charge in [0.15, 0.2) is 5.78 Å². The molecule has 0 saturated carbocycles. The van der Waals surface area contributed by atoms with Crippen LogP contribution in [0.4, 0.5) is 4.39 Å². The number of carbonyl (C=O) groups excluding carboxylic acids is 3. The Kier molecular flexibility index (Phi) is 12.4. The summed E-state index contributed by atoms with van der Waals surface area (Å²) < 4.78 is 25.3. The minimum absolute atomic E-state index is 0.0658. The van der Waals surface area contributed by atoms with E-state index in [9.17, 15) is 18.8 Å². The van der Waals surface area contributed by atoms with E-state index < -0.39 is 23.7 Å². The summed E-state index contributed by atoms with van der Waals surface area (Å²) in [4.78, 5) is 46.3. The van der Waals surface area contributed by atoms with E-state index in [1.54, 1.807) is 56.6 Å². The number of ether oxygens (including phenoxy) is 2. The summed E-state index contributed by atoms with van der Waals surface area (Å²) in [5.41, 5.74) is 0.888. The zero-order valence-corrected chi connectivity index (χ0v) is 24.6. The van der Waals surface area contributed by atoms with Crippen LogP contribution in [0.15, 0.2) is 54.9 Å². The van der Waals surface area contributed by atoms with Crippen LogP contribution < -0.4 is 20.1 Å². The van der Waals surface area contributed by atoms with Crippen LogP contribution in [0.3, 0.4) is 0 Å². The Morgan fingerprint density at radius 1 is 1.10 bits per heavy atom. The number of Topliss-reactive ketones (excluding diaryl/α,β-unsaturated/α-hetero) is 1. The minimum atomic E-state index is -0.868. The minimum Gasteiger partial charge on any atom is -0.494 e. The largest absolute Gasteiger partial charge is 0.494 e. The predicted octanol–water partition coefficient (Wildman–Crippen LogP) is 4.76. The molecular formula is C29H32ClFN4O5S. The van der Waals surface area contributed by atoms with Crippen LogP contribution in [-0.2, 0) is 26.6 Å². The number of halogens is 2. The monoisotopic (exact) mass is 602 g/mol. The number of nitrogens with one attached hydrogen (secondary N) is 2. The molecule has 1 unspecified atom stereocenters. The molecule has 12 heteroatoms. The molecule has 0 aliphatic rings. The summed E-state index contributed by atoms with van der Waals surface area (Å²) in [6.45, 7) is 5.60. The lowest BCUT2D eigenvalue weighted by atomic mass is 10.0. The van der Waals surface area contributed by atoms with Crippen molar-refractivity contribution < 1.29 is 28.2 Å². The number of benzene rings is 2. The van der Waals surface area contributed by atoms with Crippen LogP contribution in [0.2, 0.25) is 5.02 Å². The van der Waals surface area contributed by atoms with Gasteiger partial charge in [0.1, 0.15) is 23.4 Å². The van der Waals surface area contributed by atoms with E-state index in [2.05, 4.69) is 20.6 Å². The van der Waals surface area contributed by atoms with E-state index in [4.69, 9.17) is 21.1 Å². The van der Waals surface area contributed by atoms with Crippen molar-refractivity contribution in [3.63, 3.8) is 0 Å². The summed E-state index contributed by atoms with van der Waals surface area (Å²) in [6.07, 6.45) is 3.03. The van der Waals surface area contributed by atoms with Crippen molar-refractivity contribution in [3.05, 3.63) is 76.8 Å². The Balaban J connectivity index is 1.55. The molecule has 218 valence electrons. The molecule has 1 aromatic heterocycles. The lowest BCUT2D eigenvalue weighted by molar-refractivity contribution is -0.130. The summed E-state index contributed by atoms with van der Waals surface area (Å²) in [6, 6.07) is 10.4. The van der Waals surface area contributed by atoms with Crippen molar-refractivity contribution in [1.82, 2.24) is 20.6 Å². The number of hydrogen-bond acceptors (Lipinski definition) is 8. The van der Waals surface area contributed by atoms with E-state index in [-0.39, 0.29) is 42.2 Å². The lowest BCUT2D eigenvalue weighted by Gasteiger charge is -2.22. The third-order valence-corrected chi connectivity index (χ3v) is 7.10. The van der Waals surface area contributed by atoms with Crippen LogP contribution in [0.5, 0.6) is 17.5 Å². The van der Waals surface area contributed by atoms with E-state index in [0.717, 1.165) is 0 Å². The van der Waals surface area contributed by atoms with Gasteiger partial charge in [-0.2, -0.15) is 0 Å². The third kappa shape index (κ3) is 10.0. The van der Waals surface area contributed by atoms with Gasteiger partial charge in [0.25, 0.3) is 0 Å². The number of nitrogens with zero attached hydrogens (tertiary/aromatic N) is 2. The second-order valence-electron chi connectivity index (χ2n) is 9.25. The molecule has 2 aromatic carbocycles. The fourth-order valence-electron chi connectivity index (χ4n) is 3.71. The first-order valence-electron chi connectivity index (χ1n) is 13.0. The van der Waals surface area contributed by atoms with E-state index in [1.165, 1.54) is 23.9 Å². The third-order valence-electron chi connectivity index (χ3n) is 5.73. The Bertz CT molecular complexity index is 1330. The Hall–Kier alpha value is -3.70. The quantitative estimate of drug-likeness (QED) is 0.255. The molecule has 0 saturated heterocycles. The van der Waals surface area contributed by atoms with Gasteiger partial charge in [-0.3, -0.25) is 14.4 Å². The molecule has 0 spiro atoms. The number of rotatable bonds is 15. The fraction of sp³-hybridized carbons (Fsp3) is 0.345. The first-order chi connectivity index (χ1) is 19.7. The Morgan fingerprint density at radius 3 is 2.54 bits per heavy atom. The number of hydrogen-bond donors (Lipinski definition) is 2. The average Bonchev–Trinajstić information content (AvgIpc) is 2.94. The van der Waals surface area contributed by atoms with Gasteiger partial charge in [-0.05, 0) is 49.2 Å². The van der Waals surface area contributed by atoms with E-state index in [1.807, 2.05) is 6.92 Å². The highest BCUT2D eigenvalue weighted by Gasteiger charge is 2.25. The van der Waals surface area contributed by atoms with Crippen molar-refractivity contribution in [1.29, 1.82) is 0 Å². The molecule has 0 fully saturated rings. The maximum atomic E-state index is 13.9. The zero-order chi connectivity index (χ0) is 29.8. The maximum Gasteiger partial charge on any atom is 0.321 e. The molecule has 0 radical (unpaired) electrons. The highest BCUT2D eigenvalue weighted by atomic mass is 35.5. The van der Waals surface area contributed by atoms with Crippen LogP contribution in [0.25, 0.3) is 0 Å². The Morgan fingerprint density at radius 2 is 1.85 bits per heavy atom.